The van der Waals surface area contributed by atoms with Crippen molar-refractivity contribution >= 4 is 5.78 Å². The molecule has 88 valence electrons. The zero-order chi connectivity index (χ0) is 12.0. The van der Waals surface area contributed by atoms with Gasteiger partial charge in [0.15, 0.2) is 11.5 Å². The predicted octanol–water partition coefficient (Wildman–Crippen LogP) is 2.92. The van der Waals surface area contributed by atoms with Gasteiger partial charge in [0.1, 0.15) is 5.69 Å². The standard InChI is InChI=1S/C13H14N2O2/c1-13(2)6-5-8(16)10-11(14-15-12(10)13)9-4-3-7-17-9/h3-4,7H,5-6H2,1-2H3,(H,14,15). The molecule has 3 rings (SSSR count). The average Bonchev–Trinajstić information content (AvgIpc) is 2.91. The van der Waals surface area contributed by atoms with Gasteiger partial charge in [-0.25, -0.2) is 0 Å². The summed E-state index contributed by atoms with van der Waals surface area (Å²) >= 11 is 0. The highest BCUT2D eigenvalue weighted by molar-refractivity contribution is 6.03. The highest BCUT2D eigenvalue weighted by Gasteiger charge is 2.36. The maximum absolute atomic E-state index is 12.0. The number of nitrogens with one attached hydrogen (secondary N) is 1. The maximum Gasteiger partial charge on any atom is 0.167 e. The summed E-state index contributed by atoms with van der Waals surface area (Å²) in [6, 6.07) is 3.63. The molecule has 0 saturated heterocycles. The van der Waals surface area contributed by atoms with Crippen LogP contribution in [0.4, 0.5) is 0 Å². The van der Waals surface area contributed by atoms with Crippen LogP contribution in [0.1, 0.15) is 42.7 Å². The van der Waals surface area contributed by atoms with Crippen molar-refractivity contribution in [2.45, 2.75) is 32.1 Å². The minimum absolute atomic E-state index is 0.0267. The summed E-state index contributed by atoms with van der Waals surface area (Å²) in [5.74, 6) is 0.799. The van der Waals surface area contributed by atoms with E-state index in [4.69, 9.17) is 4.42 Å². The van der Waals surface area contributed by atoms with Crippen LogP contribution < -0.4 is 0 Å². The summed E-state index contributed by atoms with van der Waals surface area (Å²) in [6.07, 6.45) is 3.03. The molecule has 0 unspecified atom stereocenters. The number of hydrogen-bond acceptors (Lipinski definition) is 3. The van der Waals surface area contributed by atoms with E-state index in [9.17, 15) is 4.79 Å². The molecular formula is C13H14N2O2. The third-order valence-corrected chi connectivity index (χ3v) is 3.45. The number of aromatic amines is 1. The smallest absolute Gasteiger partial charge is 0.167 e. The number of hydrogen-bond donors (Lipinski definition) is 1. The zero-order valence-corrected chi connectivity index (χ0v) is 9.91. The first-order valence-corrected chi connectivity index (χ1v) is 5.75. The van der Waals surface area contributed by atoms with Crippen LogP contribution in [0.5, 0.6) is 0 Å². The van der Waals surface area contributed by atoms with Crippen molar-refractivity contribution in [1.82, 2.24) is 10.2 Å². The van der Waals surface area contributed by atoms with E-state index >= 15 is 0 Å². The molecule has 4 nitrogen and oxygen atoms in total. The minimum Gasteiger partial charge on any atom is -0.463 e. The van der Waals surface area contributed by atoms with E-state index in [2.05, 4.69) is 24.0 Å². The van der Waals surface area contributed by atoms with Crippen molar-refractivity contribution in [2.75, 3.05) is 0 Å². The fraction of sp³-hybridized carbons (Fsp3) is 0.385. The maximum atomic E-state index is 12.0. The summed E-state index contributed by atoms with van der Waals surface area (Å²) in [5.41, 5.74) is 2.25. The number of rotatable bonds is 1. The number of furan rings is 1. The van der Waals surface area contributed by atoms with Crippen LogP contribution >= 0.6 is 0 Å². The molecule has 1 aliphatic carbocycles. The number of carbonyl (C=O) groups excluding carboxylic acids is 1. The molecule has 0 spiro atoms. The predicted molar refractivity (Wildman–Crippen MR) is 62.9 cm³/mol. The summed E-state index contributed by atoms with van der Waals surface area (Å²) < 4.78 is 5.33. The van der Waals surface area contributed by atoms with Crippen molar-refractivity contribution in [3.05, 3.63) is 29.7 Å². The number of nitrogens with zero attached hydrogens (tertiary/aromatic N) is 1. The van der Waals surface area contributed by atoms with E-state index in [-0.39, 0.29) is 11.2 Å². The lowest BCUT2D eigenvalue weighted by atomic mass is 9.75. The minimum atomic E-state index is -0.0267. The van der Waals surface area contributed by atoms with Crippen LogP contribution in [0, 0.1) is 0 Å². The van der Waals surface area contributed by atoms with E-state index < -0.39 is 0 Å². The van der Waals surface area contributed by atoms with Crippen LogP contribution in [-0.2, 0) is 5.41 Å². The summed E-state index contributed by atoms with van der Waals surface area (Å²) in [5, 5.41) is 7.25. The second-order valence-electron chi connectivity index (χ2n) is 5.11. The average molecular weight is 230 g/mol. The molecule has 2 aromatic rings. The van der Waals surface area contributed by atoms with Crippen LogP contribution in [0.15, 0.2) is 22.8 Å². The van der Waals surface area contributed by atoms with Gasteiger partial charge in [0.2, 0.25) is 0 Å². The number of fused-ring (bicyclic) bond motifs is 1. The quantitative estimate of drug-likeness (QED) is 0.819. The van der Waals surface area contributed by atoms with Gasteiger partial charge in [-0.2, -0.15) is 5.10 Å². The lowest BCUT2D eigenvalue weighted by Gasteiger charge is -2.28. The van der Waals surface area contributed by atoms with Crippen molar-refractivity contribution in [1.29, 1.82) is 0 Å². The lowest BCUT2D eigenvalue weighted by Crippen LogP contribution is -2.27. The fourth-order valence-corrected chi connectivity index (χ4v) is 2.37. The van der Waals surface area contributed by atoms with E-state index in [0.29, 0.717) is 23.4 Å². The normalized spacial score (nSPS) is 18.1. The Labute approximate surface area is 99.0 Å². The highest BCUT2D eigenvalue weighted by atomic mass is 16.3. The third kappa shape index (κ3) is 1.44. The van der Waals surface area contributed by atoms with Gasteiger partial charge in [0, 0.05) is 11.8 Å². The Balaban J connectivity index is 2.22. The number of aromatic nitrogens is 2. The summed E-state index contributed by atoms with van der Waals surface area (Å²) in [4.78, 5) is 12.0. The molecule has 0 radical (unpaired) electrons. The van der Waals surface area contributed by atoms with Crippen LogP contribution in [0.3, 0.4) is 0 Å². The summed E-state index contributed by atoms with van der Waals surface area (Å²) in [6.45, 7) is 4.25. The second-order valence-corrected chi connectivity index (χ2v) is 5.11. The Morgan fingerprint density at radius 3 is 3.00 bits per heavy atom. The largest absolute Gasteiger partial charge is 0.463 e. The SMILES string of the molecule is CC1(C)CCC(=O)c2c(-c3ccco3)n[nH]c21. The Hall–Kier alpha value is -1.84. The van der Waals surface area contributed by atoms with Gasteiger partial charge < -0.3 is 4.42 Å². The molecule has 1 aliphatic rings. The summed E-state index contributed by atoms with van der Waals surface area (Å²) in [7, 11) is 0. The fourth-order valence-electron chi connectivity index (χ4n) is 2.37. The molecule has 17 heavy (non-hydrogen) atoms. The third-order valence-electron chi connectivity index (χ3n) is 3.45. The molecule has 2 aromatic heterocycles. The van der Waals surface area contributed by atoms with Gasteiger partial charge >= 0.3 is 0 Å². The van der Waals surface area contributed by atoms with Crippen molar-refractivity contribution in [3.63, 3.8) is 0 Å². The van der Waals surface area contributed by atoms with Crippen molar-refractivity contribution < 1.29 is 9.21 Å². The highest BCUT2D eigenvalue weighted by Crippen LogP contribution is 2.39. The van der Waals surface area contributed by atoms with Crippen LogP contribution in [0.2, 0.25) is 0 Å². The van der Waals surface area contributed by atoms with Crippen LogP contribution in [0.25, 0.3) is 11.5 Å². The number of H-pyrrole nitrogens is 1. The van der Waals surface area contributed by atoms with Gasteiger partial charge in [-0.15, -0.1) is 0 Å². The molecular weight excluding hydrogens is 216 g/mol. The van der Waals surface area contributed by atoms with Gasteiger partial charge in [-0.05, 0) is 18.6 Å². The first kappa shape index (κ1) is 10.3. The first-order chi connectivity index (χ1) is 8.09. The lowest BCUT2D eigenvalue weighted by molar-refractivity contribution is 0.0957. The van der Waals surface area contributed by atoms with Gasteiger partial charge in [0.05, 0.1) is 17.5 Å². The zero-order valence-electron chi connectivity index (χ0n) is 9.91. The molecule has 0 fully saturated rings. The molecule has 4 heteroatoms. The van der Waals surface area contributed by atoms with Gasteiger partial charge in [0.25, 0.3) is 0 Å². The number of carbonyl (C=O) groups is 1. The molecule has 0 amide bonds. The Morgan fingerprint density at radius 1 is 1.47 bits per heavy atom. The Morgan fingerprint density at radius 2 is 2.29 bits per heavy atom. The molecule has 0 saturated carbocycles. The van der Waals surface area contributed by atoms with Crippen molar-refractivity contribution in [2.24, 2.45) is 0 Å². The van der Waals surface area contributed by atoms with Gasteiger partial charge in [-0.1, -0.05) is 13.8 Å². The second kappa shape index (κ2) is 3.32. The topological polar surface area (TPSA) is 58.9 Å². The Bertz CT molecular complexity index is 564. The van der Waals surface area contributed by atoms with Gasteiger partial charge in [-0.3, -0.25) is 9.89 Å². The van der Waals surface area contributed by atoms with Crippen molar-refractivity contribution in [3.8, 4) is 11.5 Å². The molecule has 2 heterocycles. The van der Waals surface area contributed by atoms with E-state index in [1.54, 1.807) is 12.3 Å². The molecule has 0 atom stereocenters. The van der Waals surface area contributed by atoms with E-state index in [1.165, 1.54) is 0 Å². The van der Waals surface area contributed by atoms with E-state index in [1.807, 2.05) is 6.07 Å². The number of ketones is 1. The molecule has 1 N–H and O–H groups in total. The number of Topliss-reactive ketones (excluding diaryl/α,β-unsaturated/α-hetero) is 1. The Kier molecular flexibility index (Phi) is 2.02. The molecule has 0 aromatic carbocycles. The van der Waals surface area contributed by atoms with Crippen LogP contribution in [-0.4, -0.2) is 16.0 Å². The monoisotopic (exact) mass is 230 g/mol. The molecule has 0 bridgehead atoms. The van der Waals surface area contributed by atoms with E-state index in [0.717, 1.165) is 12.1 Å². The molecule has 0 aliphatic heterocycles. The first-order valence-electron chi connectivity index (χ1n) is 5.75.